The van der Waals surface area contributed by atoms with Crippen molar-refractivity contribution in [1.82, 2.24) is 9.78 Å². The highest BCUT2D eigenvalue weighted by Gasteiger charge is 2.10. The summed E-state index contributed by atoms with van der Waals surface area (Å²) in [5, 5.41) is 4.33. The predicted molar refractivity (Wildman–Crippen MR) is 62.4 cm³/mol. The summed E-state index contributed by atoms with van der Waals surface area (Å²) < 4.78 is 14.7. The normalized spacial score (nSPS) is 10.8. The van der Waals surface area contributed by atoms with E-state index in [0.29, 0.717) is 11.4 Å². The van der Waals surface area contributed by atoms with E-state index in [1.807, 2.05) is 13.8 Å². The summed E-state index contributed by atoms with van der Waals surface area (Å²) in [7, 11) is 0. The Balaban J connectivity index is 2.59. The molecule has 1 aromatic heterocycles. The van der Waals surface area contributed by atoms with Crippen molar-refractivity contribution in [2.24, 2.45) is 0 Å². The van der Waals surface area contributed by atoms with E-state index in [1.165, 1.54) is 12.1 Å². The van der Waals surface area contributed by atoms with Gasteiger partial charge in [-0.2, -0.15) is 5.10 Å². The number of anilines is 1. The summed E-state index contributed by atoms with van der Waals surface area (Å²) in [6.07, 6.45) is 0. The van der Waals surface area contributed by atoms with E-state index in [1.54, 1.807) is 10.7 Å². The van der Waals surface area contributed by atoms with Crippen LogP contribution >= 0.6 is 11.6 Å². The van der Waals surface area contributed by atoms with Crippen molar-refractivity contribution in [3.8, 4) is 5.69 Å². The second kappa shape index (κ2) is 3.79. The molecule has 2 aromatic rings. The van der Waals surface area contributed by atoms with Crippen LogP contribution in [-0.2, 0) is 0 Å². The molecule has 0 radical (unpaired) electrons. The summed E-state index contributed by atoms with van der Waals surface area (Å²) in [6, 6.07) is 4.44. The Morgan fingerprint density at radius 2 is 2.06 bits per heavy atom. The molecular formula is C11H11ClFN3. The first-order valence-corrected chi connectivity index (χ1v) is 5.15. The van der Waals surface area contributed by atoms with E-state index in [4.69, 9.17) is 17.3 Å². The maximum absolute atomic E-state index is 13.0. The van der Waals surface area contributed by atoms with Gasteiger partial charge >= 0.3 is 0 Å². The molecular weight excluding hydrogens is 229 g/mol. The van der Waals surface area contributed by atoms with E-state index in [9.17, 15) is 4.39 Å². The van der Waals surface area contributed by atoms with Crippen LogP contribution in [0, 0.1) is 19.7 Å². The quantitative estimate of drug-likeness (QED) is 0.832. The summed E-state index contributed by atoms with van der Waals surface area (Å²) in [4.78, 5) is 0. The molecule has 16 heavy (non-hydrogen) atoms. The number of hydrogen-bond donors (Lipinski definition) is 1. The summed E-state index contributed by atoms with van der Waals surface area (Å²) in [6.45, 7) is 3.68. The molecule has 0 fully saturated rings. The smallest absolute Gasteiger partial charge is 0.141 e. The minimum Gasteiger partial charge on any atom is -0.396 e. The molecule has 2 N–H and O–H groups in total. The first-order chi connectivity index (χ1) is 7.50. The number of nitrogens with zero attached hydrogens (tertiary/aromatic N) is 2. The van der Waals surface area contributed by atoms with Gasteiger partial charge in [-0.05, 0) is 32.0 Å². The van der Waals surface area contributed by atoms with Crippen LogP contribution in [0.15, 0.2) is 18.2 Å². The molecule has 0 saturated carbocycles. The van der Waals surface area contributed by atoms with Crippen molar-refractivity contribution in [2.75, 3.05) is 5.73 Å². The number of halogens is 2. The summed E-state index contributed by atoms with van der Waals surface area (Å²) in [5.74, 6) is -0.445. The zero-order chi connectivity index (χ0) is 11.9. The van der Waals surface area contributed by atoms with Gasteiger partial charge < -0.3 is 5.73 Å². The van der Waals surface area contributed by atoms with Crippen LogP contribution in [0.4, 0.5) is 10.1 Å². The SMILES string of the molecule is Cc1nn(-c2ccc(F)c(Cl)c2)c(C)c1N. The van der Waals surface area contributed by atoms with Gasteiger partial charge in [-0.25, -0.2) is 9.07 Å². The number of rotatable bonds is 1. The maximum atomic E-state index is 13.0. The molecule has 1 heterocycles. The molecule has 0 spiro atoms. The van der Waals surface area contributed by atoms with Gasteiger partial charge in [0.15, 0.2) is 0 Å². The minimum absolute atomic E-state index is 0.0728. The first kappa shape index (κ1) is 11.0. The Hall–Kier alpha value is -1.55. The van der Waals surface area contributed by atoms with Crippen molar-refractivity contribution in [1.29, 1.82) is 0 Å². The number of nitrogens with two attached hydrogens (primary N) is 1. The molecule has 0 aliphatic rings. The number of aromatic nitrogens is 2. The van der Waals surface area contributed by atoms with Crippen molar-refractivity contribution in [2.45, 2.75) is 13.8 Å². The molecule has 3 nitrogen and oxygen atoms in total. The van der Waals surface area contributed by atoms with Crippen molar-refractivity contribution in [3.05, 3.63) is 40.4 Å². The van der Waals surface area contributed by atoms with Crippen LogP contribution in [0.3, 0.4) is 0 Å². The monoisotopic (exact) mass is 239 g/mol. The molecule has 5 heteroatoms. The third-order valence-corrected chi connectivity index (χ3v) is 2.78. The van der Waals surface area contributed by atoms with Crippen molar-refractivity contribution >= 4 is 17.3 Å². The van der Waals surface area contributed by atoms with Gasteiger partial charge in [-0.3, -0.25) is 0 Å². The summed E-state index contributed by atoms with van der Waals surface area (Å²) >= 11 is 5.72. The van der Waals surface area contributed by atoms with E-state index >= 15 is 0 Å². The Kier molecular flexibility index (Phi) is 2.59. The fourth-order valence-corrected chi connectivity index (χ4v) is 1.70. The molecule has 0 bridgehead atoms. The molecule has 84 valence electrons. The Morgan fingerprint density at radius 1 is 1.38 bits per heavy atom. The van der Waals surface area contributed by atoms with Gasteiger partial charge in [-0.1, -0.05) is 11.6 Å². The second-order valence-corrected chi connectivity index (χ2v) is 4.00. The second-order valence-electron chi connectivity index (χ2n) is 3.59. The van der Waals surface area contributed by atoms with E-state index in [2.05, 4.69) is 5.10 Å². The number of hydrogen-bond acceptors (Lipinski definition) is 2. The fraction of sp³-hybridized carbons (Fsp3) is 0.182. The Labute approximate surface area is 97.6 Å². The topological polar surface area (TPSA) is 43.8 Å². The van der Waals surface area contributed by atoms with E-state index in [0.717, 1.165) is 11.4 Å². The van der Waals surface area contributed by atoms with E-state index < -0.39 is 5.82 Å². The summed E-state index contributed by atoms with van der Waals surface area (Å²) in [5.41, 5.74) is 8.72. The number of benzene rings is 1. The van der Waals surface area contributed by atoms with Crippen LogP contribution < -0.4 is 5.73 Å². The Morgan fingerprint density at radius 3 is 2.56 bits per heavy atom. The van der Waals surface area contributed by atoms with Crippen molar-refractivity contribution in [3.63, 3.8) is 0 Å². The lowest BCUT2D eigenvalue weighted by molar-refractivity contribution is 0.627. The highest BCUT2D eigenvalue weighted by Crippen LogP contribution is 2.23. The molecule has 0 amide bonds. The van der Waals surface area contributed by atoms with Crippen LogP contribution in [0.25, 0.3) is 5.69 Å². The van der Waals surface area contributed by atoms with Crippen molar-refractivity contribution < 1.29 is 4.39 Å². The van der Waals surface area contributed by atoms with Gasteiger partial charge in [0.05, 0.1) is 27.8 Å². The molecule has 1 aromatic carbocycles. The van der Waals surface area contributed by atoms with Crippen LogP contribution in [-0.4, -0.2) is 9.78 Å². The fourth-order valence-electron chi connectivity index (χ4n) is 1.52. The molecule has 2 rings (SSSR count). The largest absolute Gasteiger partial charge is 0.396 e. The third-order valence-electron chi connectivity index (χ3n) is 2.50. The van der Waals surface area contributed by atoms with Gasteiger partial charge in [0.1, 0.15) is 5.82 Å². The van der Waals surface area contributed by atoms with Crippen LogP contribution in [0.2, 0.25) is 5.02 Å². The molecule has 0 aliphatic carbocycles. The van der Waals surface area contributed by atoms with Gasteiger partial charge in [-0.15, -0.1) is 0 Å². The lowest BCUT2D eigenvalue weighted by atomic mass is 10.3. The molecule has 0 unspecified atom stereocenters. The third kappa shape index (κ3) is 1.65. The number of aryl methyl sites for hydroxylation is 1. The lowest BCUT2D eigenvalue weighted by Crippen LogP contribution is -2.00. The van der Waals surface area contributed by atoms with Gasteiger partial charge in [0.2, 0.25) is 0 Å². The zero-order valence-corrected chi connectivity index (χ0v) is 9.72. The highest BCUT2D eigenvalue weighted by molar-refractivity contribution is 6.30. The average molecular weight is 240 g/mol. The molecule has 0 atom stereocenters. The first-order valence-electron chi connectivity index (χ1n) is 4.78. The average Bonchev–Trinajstić information content (AvgIpc) is 2.50. The maximum Gasteiger partial charge on any atom is 0.141 e. The highest BCUT2D eigenvalue weighted by atomic mass is 35.5. The Bertz CT molecular complexity index is 548. The minimum atomic E-state index is -0.445. The standard InChI is InChI=1S/C11H11ClFN3/c1-6-11(14)7(2)16(15-6)8-3-4-10(13)9(12)5-8/h3-5H,14H2,1-2H3. The van der Waals surface area contributed by atoms with Crippen LogP contribution in [0.5, 0.6) is 0 Å². The van der Waals surface area contributed by atoms with Crippen LogP contribution in [0.1, 0.15) is 11.4 Å². The van der Waals surface area contributed by atoms with Gasteiger partial charge in [0, 0.05) is 0 Å². The van der Waals surface area contributed by atoms with E-state index in [-0.39, 0.29) is 5.02 Å². The predicted octanol–water partition coefficient (Wildman–Crippen LogP) is 2.86. The molecule has 0 aliphatic heterocycles. The lowest BCUT2D eigenvalue weighted by Gasteiger charge is -2.05. The molecule has 0 saturated heterocycles. The van der Waals surface area contributed by atoms with Gasteiger partial charge in [0.25, 0.3) is 0 Å². The number of nitrogen functional groups attached to an aromatic ring is 1. The zero-order valence-electron chi connectivity index (χ0n) is 8.96.